The minimum absolute atomic E-state index is 0.00162. The summed E-state index contributed by atoms with van der Waals surface area (Å²) < 4.78 is 4.54. The van der Waals surface area contributed by atoms with Crippen molar-refractivity contribution in [1.29, 1.82) is 0 Å². The fourth-order valence-corrected chi connectivity index (χ4v) is 1.61. The highest BCUT2D eigenvalue weighted by Gasteiger charge is 2.23. The Labute approximate surface area is 93.0 Å². The summed E-state index contributed by atoms with van der Waals surface area (Å²) in [4.78, 5) is 22.8. The van der Waals surface area contributed by atoms with Crippen LogP contribution in [0.1, 0.15) is 10.4 Å². The quantitative estimate of drug-likeness (QED) is 0.743. The Balaban J connectivity index is 2.15. The van der Waals surface area contributed by atoms with Crippen molar-refractivity contribution in [1.82, 2.24) is 5.01 Å². The van der Waals surface area contributed by atoms with Crippen molar-refractivity contribution >= 4 is 17.4 Å². The molecule has 0 bridgehead atoms. The molecule has 0 spiro atoms. The summed E-state index contributed by atoms with van der Waals surface area (Å²) in [6, 6.07) is 7.21. The number of hydrogen-bond acceptors (Lipinski definition) is 5. The highest BCUT2D eigenvalue weighted by molar-refractivity contribution is 6.04. The van der Waals surface area contributed by atoms with Crippen LogP contribution in [0.5, 0.6) is 0 Å². The van der Waals surface area contributed by atoms with E-state index in [0.29, 0.717) is 5.56 Å². The maximum atomic E-state index is 11.7. The Bertz CT molecular complexity index is 431. The number of rotatable bonds is 2. The van der Waals surface area contributed by atoms with Crippen LogP contribution in [0.15, 0.2) is 24.3 Å². The summed E-state index contributed by atoms with van der Waals surface area (Å²) in [6.07, 6.45) is 0. The number of benzene rings is 1. The molecule has 0 atom stereocenters. The van der Waals surface area contributed by atoms with Gasteiger partial charge in [0.15, 0.2) is 5.78 Å². The number of anilines is 1. The molecule has 5 heteroatoms. The minimum atomic E-state index is -0.375. The molecule has 1 aromatic carbocycles. The molecular formula is C11H12N2O3. The molecule has 0 saturated heterocycles. The van der Waals surface area contributed by atoms with E-state index in [-0.39, 0.29) is 24.8 Å². The second-order valence-electron chi connectivity index (χ2n) is 3.51. The molecule has 0 saturated carbocycles. The third kappa shape index (κ3) is 2.04. The third-order valence-corrected chi connectivity index (χ3v) is 2.39. The number of ether oxygens (including phenoxy) is 1. The Morgan fingerprint density at radius 3 is 3.00 bits per heavy atom. The first-order valence-electron chi connectivity index (χ1n) is 4.91. The first-order valence-corrected chi connectivity index (χ1v) is 4.91. The Hall–Kier alpha value is -1.88. The second kappa shape index (κ2) is 4.32. The summed E-state index contributed by atoms with van der Waals surface area (Å²) in [5.41, 5.74) is 4.39. The Kier molecular flexibility index (Phi) is 2.87. The zero-order valence-corrected chi connectivity index (χ0v) is 8.90. The van der Waals surface area contributed by atoms with Gasteiger partial charge in [0.1, 0.15) is 6.54 Å². The lowest BCUT2D eigenvalue weighted by Crippen LogP contribution is -2.42. The van der Waals surface area contributed by atoms with E-state index in [1.165, 1.54) is 12.1 Å². The van der Waals surface area contributed by atoms with Gasteiger partial charge >= 0.3 is 5.97 Å². The maximum absolute atomic E-state index is 11.7. The summed E-state index contributed by atoms with van der Waals surface area (Å²) in [5.74, 6) is -0.377. The van der Waals surface area contributed by atoms with Gasteiger partial charge in [-0.15, -0.1) is 0 Å². The van der Waals surface area contributed by atoms with Gasteiger partial charge in [0.05, 0.1) is 19.3 Å². The van der Waals surface area contributed by atoms with E-state index in [0.717, 1.165) is 5.69 Å². The van der Waals surface area contributed by atoms with Crippen LogP contribution in [0.4, 0.5) is 5.69 Å². The molecule has 0 unspecified atom stereocenters. The van der Waals surface area contributed by atoms with Gasteiger partial charge in [-0.3, -0.25) is 9.59 Å². The van der Waals surface area contributed by atoms with Crippen molar-refractivity contribution in [3.63, 3.8) is 0 Å². The SMILES string of the molecule is COC(=O)CN1CC(=O)c2ccccc2N1. The Morgan fingerprint density at radius 2 is 2.25 bits per heavy atom. The zero-order chi connectivity index (χ0) is 11.5. The molecule has 1 heterocycles. The van der Waals surface area contributed by atoms with Crippen LogP contribution in [-0.4, -0.2) is 37.0 Å². The molecular weight excluding hydrogens is 208 g/mol. The molecule has 84 valence electrons. The van der Waals surface area contributed by atoms with Crippen LogP contribution >= 0.6 is 0 Å². The molecule has 1 aromatic rings. The van der Waals surface area contributed by atoms with E-state index in [1.54, 1.807) is 12.1 Å². The van der Waals surface area contributed by atoms with Gasteiger partial charge < -0.3 is 10.2 Å². The van der Waals surface area contributed by atoms with Crippen LogP contribution in [0, 0.1) is 0 Å². The van der Waals surface area contributed by atoms with E-state index in [1.807, 2.05) is 12.1 Å². The number of para-hydroxylation sites is 1. The standard InChI is InChI=1S/C11H12N2O3/c1-16-11(15)7-13-6-10(14)8-4-2-3-5-9(8)12-13/h2-5,12H,6-7H2,1H3. The topological polar surface area (TPSA) is 58.6 Å². The van der Waals surface area contributed by atoms with Crippen LogP contribution < -0.4 is 5.43 Å². The number of hydrogen-bond donors (Lipinski definition) is 1. The number of hydrazine groups is 1. The summed E-state index contributed by atoms with van der Waals surface area (Å²) in [7, 11) is 1.32. The smallest absolute Gasteiger partial charge is 0.321 e. The van der Waals surface area contributed by atoms with Gasteiger partial charge in [-0.1, -0.05) is 12.1 Å². The minimum Gasteiger partial charge on any atom is -0.468 e. The Morgan fingerprint density at radius 1 is 1.50 bits per heavy atom. The number of carbonyl (C=O) groups is 2. The maximum Gasteiger partial charge on any atom is 0.321 e. The lowest BCUT2D eigenvalue weighted by Gasteiger charge is -2.28. The first kappa shape index (κ1) is 10.6. The van der Waals surface area contributed by atoms with Gasteiger partial charge in [0, 0.05) is 5.56 Å². The van der Waals surface area contributed by atoms with Gasteiger partial charge in [0.2, 0.25) is 0 Å². The lowest BCUT2D eigenvalue weighted by molar-refractivity contribution is -0.141. The molecule has 0 radical (unpaired) electrons. The van der Waals surface area contributed by atoms with Crippen LogP contribution in [0.2, 0.25) is 0 Å². The van der Waals surface area contributed by atoms with E-state index >= 15 is 0 Å². The van der Waals surface area contributed by atoms with E-state index in [9.17, 15) is 9.59 Å². The molecule has 1 aliphatic rings. The number of nitrogens with one attached hydrogen (secondary N) is 1. The average Bonchev–Trinajstić information content (AvgIpc) is 2.29. The number of Topliss-reactive ketones (excluding diaryl/α,β-unsaturated/α-hetero) is 1. The largest absolute Gasteiger partial charge is 0.468 e. The molecule has 0 aliphatic carbocycles. The predicted octanol–water partition coefficient (Wildman–Crippen LogP) is 0.685. The van der Waals surface area contributed by atoms with E-state index < -0.39 is 0 Å². The van der Waals surface area contributed by atoms with Gasteiger partial charge in [-0.05, 0) is 12.1 Å². The summed E-state index contributed by atoms with van der Waals surface area (Å²) >= 11 is 0. The molecule has 16 heavy (non-hydrogen) atoms. The summed E-state index contributed by atoms with van der Waals surface area (Å²) in [5, 5.41) is 1.54. The number of esters is 1. The van der Waals surface area contributed by atoms with Crippen molar-refractivity contribution in [2.45, 2.75) is 0 Å². The third-order valence-electron chi connectivity index (χ3n) is 2.39. The van der Waals surface area contributed by atoms with Crippen molar-refractivity contribution in [2.24, 2.45) is 0 Å². The number of ketones is 1. The summed E-state index contributed by atoms with van der Waals surface area (Å²) in [6.45, 7) is 0.225. The van der Waals surface area contributed by atoms with Crippen molar-refractivity contribution in [2.75, 3.05) is 25.6 Å². The molecule has 0 aromatic heterocycles. The van der Waals surface area contributed by atoms with Crippen LogP contribution in [0.25, 0.3) is 0 Å². The number of fused-ring (bicyclic) bond motifs is 1. The van der Waals surface area contributed by atoms with Crippen molar-refractivity contribution in [3.8, 4) is 0 Å². The number of methoxy groups -OCH3 is 1. The number of nitrogens with zero attached hydrogens (tertiary/aromatic N) is 1. The van der Waals surface area contributed by atoms with Crippen molar-refractivity contribution < 1.29 is 14.3 Å². The highest BCUT2D eigenvalue weighted by atomic mass is 16.5. The van der Waals surface area contributed by atoms with Gasteiger partial charge in [0.25, 0.3) is 0 Å². The monoisotopic (exact) mass is 220 g/mol. The second-order valence-corrected chi connectivity index (χ2v) is 3.51. The molecule has 0 amide bonds. The molecule has 2 rings (SSSR count). The van der Waals surface area contributed by atoms with Gasteiger partial charge in [-0.2, -0.15) is 0 Å². The molecule has 1 aliphatic heterocycles. The average molecular weight is 220 g/mol. The molecule has 1 N–H and O–H groups in total. The lowest BCUT2D eigenvalue weighted by atomic mass is 10.1. The fraction of sp³-hybridized carbons (Fsp3) is 0.273. The molecule has 0 fully saturated rings. The fourth-order valence-electron chi connectivity index (χ4n) is 1.61. The normalized spacial score (nSPS) is 15.2. The first-order chi connectivity index (χ1) is 7.70. The highest BCUT2D eigenvalue weighted by Crippen LogP contribution is 2.20. The van der Waals surface area contributed by atoms with E-state index in [2.05, 4.69) is 10.2 Å². The zero-order valence-electron chi connectivity index (χ0n) is 8.90. The molecule has 5 nitrogen and oxygen atoms in total. The van der Waals surface area contributed by atoms with Crippen molar-refractivity contribution in [3.05, 3.63) is 29.8 Å². The van der Waals surface area contributed by atoms with Crippen LogP contribution in [-0.2, 0) is 9.53 Å². The number of carbonyl (C=O) groups excluding carboxylic acids is 2. The predicted molar refractivity (Wildman–Crippen MR) is 58.0 cm³/mol. The van der Waals surface area contributed by atoms with E-state index in [4.69, 9.17) is 0 Å². The van der Waals surface area contributed by atoms with Gasteiger partial charge in [-0.25, -0.2) is 5.01 Å². The van der Waals surface area contributed by atoms with Crippen LogP contribution in [0.3, 0.4) is 0 Å².